The quantitative estimate of drug-likeness (QED) is 0.250. The highest BCUT2D eigenvalue weighted by atomic mass is 35.5. The number of hydrogen-bond donors (Lipinski definition) is 2. The van der Waals surface area contributed by atoms with Crippen molar-refractivity contribution in [1.29, 1.82) is 0 Å². The van der Waals surface area contributed by atoms with E-state index in [0.29, 0.717) is 0 Å². The Kier molecular flexibility index (Phi) is 7.92. The minimum atomic E-state index is -0.889. The van der Waals surface area contributed by atoms with Crippen LogP contribution in [-0.2, 0) is 4.79 Å². The Labute approximate surface area is 207 Å². The van der Waals surface area contributed by atoms with Crippen LogP contribution < -0.4 is 15.4 Å². The van der Waals surface area contributed by atoms with E-state index in [0.717, 1.165) is 30.3 Å². The fourth-order valence-electron chi connectivity index (χ4n) is 3.00. The summed E-state index contributed by atoms with van der Waals surface area (Å²) in [7, 11) is 1.24. The number of nitrogens with zero attached hydrogens (tertiary/aromatic N) is 2. The van der Waals surface area contributed by atoms with Gasteiger partial charge in [-0.15, -0.1) is 0 Å². The molecule has 3 aromatic carbocycles. The first-order valence-corrected chi connectivity index (χ1v) is 10.3. The number of benzene rings is 3. The van der Waals surface area contributed by atoms with Crippen LogP contribution in [0.4, 0.5) is 21.5 Å². The number of non-ortho nitro benzene ring substituents is 2. The van der Waals surface area contributed by atoms with E-state index in [9.17, 15) is 34.2 Å². The van der Waals surface area contributed by atoms with E-state index in [1.807, 2.05) is 0 Å². The molecular formula is C23H16ClFN4O7. The maximum Gasteiger partial charge on any atom is 0.273 e. The number of amides is 2. The fraction of sp³-hybridized carbons (Fsp3) is 0.0435. The van der Waals surface area contributed by atoms with Crippen LogP contribution in [0.1, 0.15) is 15.9 Å². The molecule has 0 aromatic heterocycles. The number of rotatable bonds is 8. The van der Waals surface area contributed by atoms with E-state index in [2.05, 4.69) is 10.6 Å². The zero-order valence-corrected chi connectivity index (χ0v) is 19.1. The Hall–Kier alpha value is -4.84. The number of ether oxygens (including phenoxy) is 1. The predicted molar refractivity (Wildman–Crippen MR) is 128 cm³/mol. The van der Waals surface area contributed by atoms with Crippen molar-refractivity contribution in [2.45, 2.75) is 0 Å². The Bertz CT molecular complexity index is 1410. The molecule has 0 heterocycles. The summed E-state index contributed by atoms with van der Waals surface area (Å²) in [6, 6.07) is 11.8. The average molecular weight is 515 g/mol. The topological polar surface area (TPSA) is 154 Å². The summed E-state index contributed by atoms with van der Waals surface area (Å²) in [6.07, 6.45) is 1.18. The molecule has 0 aliphatic rings. The molecule has 11 nitrogen and oxygen atoms in total. The standard InChI is InChI=1S/C23H16ClFN4O7/c1-36-21-12-16(29(34)35)6-8-19(21)26-23(31)20(10-13-3-2-4-15(9-13)28(32)33)27-22(30)17-7-5-14(25)11-18(17)24/h2-12H,1H3,(H,26,31)(H,27,30). The SMILES string of the molecule is COc1cc([N+](=O)[O-])ccc1NC(=O)C(=Cc1cccc([N+](=O)[O-])c1)NC(=O)c1ccc(F)cc1Cl. The van der Waals surface area contributed by atoms with Gasteiger partial charge < -0.3 is 15.4 Å². The summed E-state index contributed by atoms with van der Waals surface area (Å²) in [5.74, 6) is -2.45. The van der Waals surface area contributed by atoms with Gasteiger partial charge in [0.05, 0.1) is 39.3 Å². The molecule has 0 unspecified atom stereocenters. The van der Waals surface area contributed by atoms with E-state index >= 15 is 0 Å². The van der Waals surface area contributed by atoms with Gasteiger partial charge in [0.15, 0.2) is 0 Å². The number of methoxy groups -OCH3 is 1. The number of halogens is 2. The lowest BCUT2D eigenvalue weighted by atomic mass is 10.1. The molecule has 184 valence electrons. The number of carbonyl (C=O) groups excluding carboxylic acids is 2. The molecule has 0 spiro atoms. The zero-order valence-electron chi connectivity index (χ0n) is 18.4. The Morgan fingerprint density at radius 2 is 1.69 bits per heavy atom. The van der Waals surface area contributed by atoms with Crippen molar-refractivity contribution in [2.75, 3.05) is 12.4 Å². The normalized spacial score (nSPS) is 10.9. The van der Waals surface area contributed by atoms with Crippen molar-refractivity contribution in [1.82, 2.24) is 5.32 Å². The molecule has 3 aromatic rings. The first kappa shape index (κ1) is 25.8. The van der Waals surface area contributed by atoms with E-state index in [4.69, 9.17) is 16.3 Å². The minimum absolute atomic E-state index is 0.0276. The summed E-state index contributed by atoms with van der Waals surface area (Å²) in [4.78, 5) is 46.8. The number of carbonyl (C=O) groups is 2. The van der Waals surface area contributed by atoms with E-state index in [1.165, 1.54) is 43.5 Å². The van der Waals surface area contributed by atoms with E-state index < -0.39 is 27.5 Å². The third-order valence-electron chi connectivity index (χ3n) is 4.70. The molecule has 2 amide bonds. The maximum atomic E-state index is 13.4. The first-order chi connectivity index (χ1) is 17.1. The molecule has 13 heteroatoms. The molecule has 0 saturated carbocycles. The van der Waals surface area contributed by atoms with E-state index in [1.54, 1.807) is 0 Å². The number of hydrogen-bond acceptors (Lipinski definition) is 7. The monoisotopic (exact) mass is 514 g/mol. The van der Waals surface area contributed by atoms with Crippen LogP contribution >= 0.6 is 11.6 Å². The summed E-state index contributed by atoms with van der Waals surface area (Å²) in [6.45, 7) is 0. The van der Waals surface area contributed by atoms with Crippen molar-refractivity contribution in [3.05, 3.63) is 109 Å². The number of nitro benzene ring substituents is 2. The highest BCUT2D eigenvalue weighted by molar-refractivity contribution is 6.34. The Morgan fingerprint density at radius 3 is 2.33 bits per heavy atom. The average Bonchev–Trinajstić information content (AvgIpc) is 2.83. The largest absolute Gasteiger partial charge is 0.494 e. The third kappa shape index (κ3) is 6.18. The van der Waals surface area contributed by atoms with Gasteiger partial charge in [0.2, 0.25) is 0 Å². The molecule has 0 radical (unpaired) electrons. The van der Waals surface area contributed by atoms with Crippen molar-refractivity contribution in [3.63, 3.8) is 0 Å². The van der Waals surface area contributed by atoms with Gasteiger partial charge in [0.1, 0.15) is 17.3 Å². The first-order valence-electron chi connectivity index (χ1n) is 9.95. The van der Waals surface area contributed by atoms with Crippen molar-refractivity contribution in [3.8, 4) is 5.75 Å². The van der Waals surface area contributed by atoms with Gasteiger partial charge in [0, 0.05) is 18.2 Å². The Morgan fingerprint density at radius 1 is 1.00 bits per heavy atom. The van der Waals surface area contributed by atoms with Crippen LogP contribution in [0.2, 0.25) is 5.02 Å². The second kappa shape index (κ2) is 11.1. The molecule has 0 aliphatic carbocycles. The van der Waals surface area contributed by atoms with E-state index in [-0.39, 0.29) is 44.7 Å². The van der Waals surface area contributed by atoms with Crippen molar-refractivity contribution in [2.24, 2.45) is 0 Å². The lowest BCUT2D eigenvalue weighted by Gasteiger charge is -2.14. The maximum absolute atomic E-state index is 13.4. The highest BCUT2D eigenvalue weighted by Crippen LogP contribution is 2.29. The summed E-state index contributed by atoms with van der Waals surface area (Å²) in [5.41, 5.74) is -0.780. The van der Waals surface area contributed by atoms with Crippen LogP contribution in [0.15, 0.2) is 66.4 Å². The molecule has 2 N–H and O–H groups in total. The van der Waals surface area contributed by atoms with Gasteiger partial charge in [-0.05, 0) is 35.9 Å². The Balaban J connectivity index is 2.00. The zero-order chi connectivity index (χ0) is 26.4. The fourth-order valence-corrected chi connectivity index (χ4v) is 3.26. The minimum Gasteiger partial charge on any atom is -0.494 e. The number of anilines is 1. The van der Waals surface area contributed by atoms with Crippen molar-refractivity contribution < 1.29 is 28.6 Å². The van der Waals surface area contributed by atoms with Gasteiger partial charge in [0.25, 0.3) is 23.2 Å². The molecular weight excluding hydrogens is 499 g/mol. The lowest BCUT2D eigenvalue weighted by molar-refractivity contribution is -0.385. The van der Waals surface area contributed by atoms with Crippen LogP contribution in [0.3, 0.4) is 0 Å². The van der Waals surface area contributed by atoms with Crippen LogP contribution in [-0.4, -0.2) is 28.8 Å². The van der Waals surface area contributed by atoms with Crippen LogP contribution in [0.25, 0.3) is 6.08 Å². The molecule has 0 atom stereocenters. The predicted octanol–water partition coefficient (Wildman–Crippen LogP) is 4.71. The number of nitrogens with one attached hydrogen (secondary N) is 2. The summed E-state index contributed by atoms with van der Waals surface area (Å²) >= 11 is 5.95. The second-order valence-corrected chi connectivity index (χ2v) is 7.49. The number of nitro groups is 2. The molecule has 0 aliphatic heterocycles. The van der Waals surface area contributed by atoms with Gasteiger partial charge in [-0.1, -0.05) is 23.7 Å². The summed E-state index contributed by atoms with van der Waals surface area (Å²) < 4.78 is 18.5. The highest BCUT2D eigenvalue weighted by Gasteiger charge is 2.20. The molecule has 0 bridgehead atoms. The lowest BCUT2D eigenvalue weighted by Crippen LogP contribution is -2.31. The third-order valence-corrected chi connectivity index (χ3v) is 5.02. The van der Waals surface area contributed by atoms with Crippen LogP contribution in [0.5, 0.6) is 5.75 Å². The van der Waals surface area contributed by atoms with Gasteiger partial charge in [-0.3, -0.25) is 29.8 Å². The molecule has 3 rings (SSSR count). The van der Waals surface area contributed by atoms with Crippen molar-refractivity contribution >= 4 is 46.6 Å². The smallest absolute Gasteiger partial charge is 0.273 e. The van der Waals surface area contributed by atoms with Crippen LogP contribution in [0, 0.1) is 26.0 Å². The molecule has 36 heavy (non-hydrogen) atoms. The summed E-state index contributed by atoms with van der Waals surface area (Å²) in [5, 5.41) is 26.8. The van der Waals surface area contributed by atoms with Gasteiger partial charge in [-0.25, -0.2) is 4.39 Å². The van der Waals surface area contributed by atoms with Gasteiger partial charge >= 0.3 is 0 Å². The molecule has 0 saturated heterocycles. The second-order valence-electron chi connectivity index (χ2n) is 7.08. The van der Waals surface area contributed by atoms with Gasteiger partial charge in [-0.2, -0.15) is 0 Å². The molecule has 0 fully saturated rings.